The molecule has 0 bridgehead atoms. The number of hydrogen-bond donors (Lipinski definition) is 1. The molecule has 0 saturated carbocycles. The van der Waals surface area contributed by atoms with Crippen molar-refractivity contribution in [3.8, 4) is 5.69 Å². The van der Waals surface area contributed by atoms with Gasteiger partial charge < -0.3 is 10.1 Å². The third kappa shape index (κ3) is 4.13. The number of benzene rings is 2. The molecule has 0 spiro atoms. The Bertz CT molecular complexity index is 913. The van der Waals surface area contributed by atoms with E-state index in [1.807, 2.05) is 24.3 Å². The fraction of sp³-hybridized carbons (Fsp3) is 0.238. The first kappa shape index (κ1) is 17.6. The van der Waals surface area contributed by atoms with Crippen molar-refractivity contribution >= 4 is 5.78 Å². The standard InChI is InChI=1S/C21H20FN3O2/c22-18-5-7-19(8-6-18)25-14-17(12-24-25)20(26)11-15-1-3-16(4-2-15)21-13-23-9-10-27-21/h1-8,12,14,21,23H,9-11,13H2/t21-/m0/s1. The summed E-state index contributed by atoms with van der Waals surface area (Å²) in [5, 5.41) is 7.52. The van der Waals surface area contributed by atoms with E-state index in [9.17, 15) is 9.18 Å². The van der Waals surface area contributed by atoms with Crippen molar-refractivity contribution in [2.24, 2.45) is 0 Å². The average molecular weight is 365 g/mol. The van der Waals surface area contributed by atoms with Crippen molar-refractivity contribution in [3.63, 3.8) is 0 Å². The number of ether oxygens (including phenoxy) is 1. The van der Waals surface area contributed by atoms with Crippen LogP contribution in [-0.4, -0.2) is 35.3 Å². The minimum Gasteiger partial charge on any atom is -0.371 e. The van der Waals surface area contributed by atoms with Crippen LogP contribution in [0, 0.1) is 5.82 Å². The predicted octanol–water partition coefficient (Wildman–Crippen LogP) is 3.10. The summed E-state index contributed by atoms with van der Waals surface area (Å²) in [5.41, 5.74) is 3.30. The number of rotatable bonds is 5. The molecular formula is C21H20FN3O2. The van der Waals surface area contributed by atoms with Crippen LogP contribution in [0.3, 0.4) is 0 Å². The molecule has 138 valence electrons. The summed E-state index contributed by atoms with van der Waals surface area (Å²) >= 11 is 0. The summed E-state index contributed by atoms with van der Waals surface area (Å²) in [6.45, 7) is 2.40. The largest absolute Gasteiger partial charge is 0.371 e. The van der Waals surface area contributed by atoms with Gasteiger partial charge in [0, 0.05) is 25.7 Å². The van der Waals surface area contributed by atoms with Crippen LogP contribution in [0.1, 0.15) is 27.6 Å². The predicted molar refractivity (Wildman–Crippen MR) is 99.6 cm³/mol. The fourth-order valence-corrected chi connectivity index (χ4v) is 3.12. The molecule has 1 aromatic heterocycles. The van der Waals surface area contributed by atoms with Crippen molar-refractivity contribution in [2.75, 3.05) is 19.7 Å². The van der Waals surface area contributed by atoms with Crippen LogP contribution in [0.2, 0.25) is 0 Å². The van der Waals surface area contributed by atoms with Gasteiger partial charge in [0.2, 0.25) is 0 Å². The highest BCUT2D eigenvalue weighted by atomic mass is 19.1. The number of ketones is 1. The molecule has 3 aromatic rings. The molecule has 0 radical (unpaired) electrons. The molecule has 1 N–H and O–H groups in total. The molecule has 1 fully saturated rings. The maximum atomic E-state index is 13.0. The lowest BCUT2D eigenvalue weighted by Crippen LogP contribution is -2.33. The Hall–Kier alpha value is -2.83. The van der Waals surface area contributed by atoms with Gasteiger partial charge >= 0.3 is 0 Å². The second kappa shape index (κ2) is 7.82. The molecule has 2 aromatic carbocycles. The highest BCUT2D eigenvalue weighted by Crippen LogP contribution is 2.20. The molecule has 1 saturated heterocycles. The summed E-state index contributed by atoms with van der Waals surface area (Å²) in [6.07, 6.45) is 3.59. The second-order valence-corrected chi connectivity index (χ2v) is 6.56. The number of halogens is 1. The fourth-order valence-electron chi connectivity index (χ4n) is 3.12. The Balaban J connectivity index is 1.42. The van der Waals surface area contributed by atoms with Gasteiger partial charge in [0.1, 0.15) is 5.82 Å². The van der Waals surface area contributed by atoms with Gasteiger partial charge in [-0.15, -0.1) is 0 Å². The van der Waals surface area contributed by atoms with Crippen LogP contribution in [-0.2, 0) is 11.2 Å². The van der Waals surface area contributed by atoms with Crippen LogP contribution in [0.25, 0.3) is 5.69 Å². The van der Waals surface area contributed by atoms with Gasteiger partial charge in [-0.3, -0.25) is 4.79 Å². The molecule has 0 aliphatic carbocycles. The lowest BCUT2D eigenvalue weighted by atomic mass is 10.0. The number of nitrogens with zero attached hydrogens (tertiary/aromatic N) is 2. The van der Waals surface area contributed by atoms with E-state index in [1.165, 1.54) is 12.1 Å². The van der Waals surface area contributed by atoms with Crippen molar-refractivity contribution in [3.05, 3.63) is 83.4 Å². The molecule has 1 aliphatic rings. The van der Waals surface area contributed by atoms with Crippen LogP contribution in [0.4, 0.5) is 4.39 Å². The van der Waals surface area contributed by atoms with Gasteiger partial charge in [-0.2, -0.15) is 5.10 Å². The van der Waals surface area contributed by atoms with Gasteiger partial charge in [-0.05, 0) is 35.4 Å². The number of carbonyl (C=O) groups excluding carboxylic acids is 1. The minimum absolute atomic E-state index is 0.00769. The van der Waals surface area contributed by atoms with E-state index in [4.69, 9.17) is 4.74 Å². The zero-order valence-electron chi connectivity index (χ0n) is 14.8. The second-order valence-electron chi connectivity index (χ2n) is 6.56. The number of carbonyl (C=O) groups is 1. The van der Waals surface area contributed by atoms with Gasteiger partial charge in [0.15, 0.2) is 5.78 Å². The number of Topliss-reactive ketones (excluding diaryl/α,β-unsaturated/α-hetero) is 1. The van der Waals surface area contributed by atoms with Crippen LogP contribution >= 0.6 is 0 Å². The van der Waals surface area contributed by atoms with Crippen LogP contribution in [0.5, 0.6) is 0 Å². The summed E-state index contributed by atoms with van der Waals surface area (Å²) in [5.74, 6) is -0.313. The monoisotopic (exact) mass is 365 g/mol. The molecule has 0 unspecified atom stereocenters. The third-order valence-electron chi connectivity index (χ3n) is 4.64. The summed E-state index contributed by atoms with van der Waals surface area (Å²) in [7, 11) is 0. The molecule has 1 aliphatic heterocycles. The molecule has 2 heterocycles. The van der Waals surface area contributed by atoms with Crippen molar-refractivity contribution in [2.45, 2.75) is 12.5 Å². The van der Waals surface area contributed by atoms with E-state index in [1.54, 1.807) is 29.2 Å². The average Bonchev–Trinajstić information content (AvgIpc) is 3.20. The summed E-state index contributed by atoms with van der Waals surface area (Å²) in [6, 6.07) is 13.9. The molecule has 5 nitrogen and oxygen atoms in total. The maximum Gasteiger partial charge on any atom is 0.170 e. The van der Waals surface area contributed by atoms with Gasteiger partial charge in [-0.1, -0.05) is 24.3 Å². The Labute approximate surface area is 156 Å². The minimum atomic E-state index is -0.305. The third-order valence-corrected chi connectivity index (χ3v) is 4.64. The Kier molecular flexibility index (Phi) is 5.09. The SMILES string of the molecule is O=C(Cc1ccc([C@@H]2CNCCO2)cc1)c1cnn(-c2ccc(F)cc2)c1. The maximum absolute atomic E-state index is 13.0. The Morgan fingerprint density at radius 3 is 2.67 bits per heavy atom. The molecule has 0 amide bonds. The van der Waals surface area contributed by atoms with Gasteiger partial charge in [-0.25, -0.2) is 9.07 Å². The first-order chi connectivity index (χ1) is 13.2. The zero-order valence-corrected chi connectivity index (χ0v) is 14.8. The lowest BCUT2D eigenvalue weighted by molar-refractivity contribution is 0.0277. The normalized spacial score (nSPS) is 17.0. The van der Waals surface area contributed by atoms with E-state index in [0.717, 1.165) is 24.2 Å². The highest BCUT2D eigenvalue weighted by Gasteiger charge is 2.16. The number of aromatic nitrogens is 2. The molecule has 1 atom stereocenters. The topological polar surface area (TPSA) is 56.1 Å². The Morgan fingerprint density at radius 1 is 1.19 bits per heavy atom. The summed E-state index contributed by atoms with van der Waals surface area (Å²) in [4.78, 5) is 12.6. The van der Waals surface area contributed by atoms with E-state index in [-0.39, 0.29) is 17.7 Å². The smallest absolute Gasteiger partial charge is 0.170 e. The molecule has 4 rings (SSSR count). The van der Waals surface area contributed by atoms with Crippen molar-refractivity contribution in [1.82, 2.24) is 15.1 Å². The first-order valence-corrected chi connectivity index (χ1v) is 8.94. The van der Waals surface area contributed by atoms with Crippen LogP contribution < -0.4 is 5.32 Å². The summed E-state index contributed by atoms with van der Waals surface area (Å²) < 4.78 is 20.3. The van der Waals surface area contributed by atoms with E-state index in [0.29, 0.717) is 24.3 Å². The number of morpholine rings is 1. The van der Waals surface area contributed by atoms with E-state index < -0.39 is 0 Å². The van der Waals surface area contributed by atoms with Crippen molar-refractivity contribution in [1.29, 1.82) is 0 Å². The zero-order chi connectivity index (χ0) is 18.6. The number of hydrogen-bond acceptors (Lipinski definition) is 4. The van der Waals surface area contributed by atoms with Gasteiger partial charge in [0.25, 0.3) is 0 Å². The number of nitrogens with one attached hydrogen (secondary N) is 1. The van der Waals surface area contributed by atoms with E-state index >= 15 is 0 Å². The lowest BCUT2D eigenvalue weighted by Gasteiger charge is -2.24. The quantitative estimate of drug-likeness (QED) is 0.706. The Morgan fingerprint density at radius 2 is 1.96 bits per heavy atom. The first-order valence-electron chi connectivity index (χ1n) is 8.94. The van der Waals surface area contributed by atoms with Gasteiger partial charge in [0.05, 0.1) is 30.2 Å². The highest BCUT2D eigenvalue weighted by molar-refractivity contribution is 5.97. The van der Waals surface area contributed by atoms with E-state index in [2.05, 4.69) is 10.4 Å². The molecular weight excluding hydrogens is 345 g/mol. The van der Waals surface area contributed by atoms with Crippen molar-refractivity contribution < 1.29 is 13.9 Å². The molecule has 27 heavy (non-hydrogen) atoms. The molecule has 6 heteroatoms. The van der Waals surface area contributed by atoms with Crippen LogP contribution in [0.15, 0.2) is 60.9 Å².